The molecule has 3 rings (SSSR count). The second-order valence-corrected chi connectivity index (χ2v) is 6.55. The van der Waals surface area contributed by atoms with E-state index in [1.54, 1.807) is 19.1 Å². The summed E-state index contributed by atoms with van der Waals surface area (Å²) < 4.78 is 19.0. The molecular weight excluding hydrogens is 349 g/mol. The second kappa shape index (κ2) is 8.20. The molecule has 1 atom stereocenters. The monoisotopic (exact) mass is 373 g/mol. The molecule has 2 heterocycles. The van der Waals surface area contributed by atoms with Crippen LogP contribution in [0.1, 0.15) is 19.4 Å². The zero-order valence-electron chi connectivity index (χ0n) is 15.8. The predicted molar refractivity (Wildman–Crippen MR) is 101 cm³/mol. The molecule has 0 unspecified atom stereocenters. The molecule has 1 saturated heterocycles. The van der Waals surface area contributed by atoms with Gasteiger partial charge in [0.2, 0.25) is 5.88 Å². The highest BCUT2D eigenvalue weighted by atomic mass is 19.1. The number of aryl methyl sites for hydroxylation is 1. The molecule has 0 bridgehead atoms. The van der Waals surface area contributed by atoms with Crippen molar-refractivity contribution in [2.45, 2.75) is 26.8 Å². The van der Waals surface area contributed by atoms with Gasteiger partial charge < -0.3 is 19.9 Å². The first-order chi connectivity index (χ1) is 13.0. The van der Waals surface area contributed by atoms with E-state index in [4.69, 9.17) is 4.74 Å². The standard InChI is InChI=1S/C19H24FN5O2/c1-4-21-19(26)25-8-7-24(11-14(25)3)17-10-18(23-12-22-17)27-16-6-5-15(20)9-13(16)2/h5-6,9-10,12,14H,4,7-8,11H2,1-3H3,(H,21,26)/t14-/m1/s1. The molecular formula is C19H24FN5O2. The molecule has 1 aromatic carbocycles. The number of hydrogen-bond donors (Lipinski definition) is 1. The van der Waals surface area contributed by atoms with Crippen molar-refractivity contribution < 1.29 is 13.9 Å². The number of nitrogens with one attached hydrogen (secondary N) is 1. The molecule has 8 heteroatoms. The van der Waals surface area contributed by atoms with Crippen molar-refractivity contribution in [3.8, 4) is 11.6 Å². The van der Waals surface area contributed by atoms with Gasteiger partial charge in [-0.25, -0.2) is 19.2 Å². The van der Waals surface area contributed by atoms with Gasteiger partial charge in [-0.2, -0.15) is 0 Å². The summed E-state index contributed by atoms with van der Waals surface area (Å²) in [6, 6.07) is 6.13. The quantitative estimate of drug-likeness (QED) is 0.892. The van der Waals surface area contributed by atoms with Crippen LogP contribution < -0.4 is 15.0 Å². The van der Waals surface area contributed by atoms with Crippen molar-refractivity contribution >= 4 is 11.8 Å². The molecule has 7 nitrogen and oxygen atoms in total. The normalized spacial score (nSPS) is 17.0. The van der Waals surface area contributed by atoms with E-state index < -0.39 is 0 Å². The summed E-state index contributed by atoms with van der Waals surface area (Å²) in [6.07, 6.45) is 1.45. The van der Waals surface area contributed by atoms with E-state index >= 15 is 0 Å². The lowest BCUT2D eigenvalue weighted by Crippen LogP contribution is -2.56. The Balaban J connectivity index is 1.70. The Labute approximate surface area is 158 Å². The number of anilines is 1. The Morgan fingerprint density at radius 1 is 1.33 bits per heavy atom. The largest absolute Gasteiger partial charge is 0.439 e. The minimum atomic E-state index is -0.304. The van der Waals surface area contributed by atoms with Crippen molar-refractivity contribution in [2.75, 3.05) is 31.1 Å². The summed E-state index contributed by atoms with van der Waals surface area (Å²) in [4.78, 5) is 24.5. The number of amides is 2. The van der Waals surface area contributed by atoms with Gasteiger partial charge >= 0.3 is 6.03 Å². The van der Waals surface area contributed by atoms with E-state index in [0.717, 1.165) is 5.82 Å². The number of rotatable bonds is 4. The van der Waals surface area contributed by atoms with Crippen LogP contribution in [0.2, 0.25) is 0 Å². The first-order valence-electron chi connectivity index (χ1n) is 9.03. The number of aromatic nitrogens is 2. The van der Waals surface area contributed by atoms with Crippen LogP contribution in [0.15, 0.2) is 30.6 Å². The second-order valence-electron chi connectivity index (χ2n) is 6.55. The summed E-state index contributed by atoms with van der Waals surface area (Å²) >= 11 is 0. The van der Waals surface area contributed by atoms with Crippen LogP contribution >= 0.6 is 0 Å². The first-order valence-corrected chi connectivity index (χ1v) is 9.03. The van der Waals surface area contributed by atoms with E-state index in [0.29, 0.717) is 43.4 Å². The lowest BCUT2D eigenvalue weighted by atomic mass is 10.2. The van der Waals surface area contributed by atoms with Gasteiger partial charge in [0.15, 0.2) is 0 Å². The fraction of sp³-hybridized carbons (Fsp3) is 0.421. The molecule has 1 aliphatic heterocycles. The average Bonchev–Trinajstić information content (AvgIpc) is 2.64. The Morgan fingerprint density at radius 2 is 2.15 bits per heavy atom. The van der Waals surface area contributed by atoms with Crippen LogP contribution in [0.5, 0.6) is 11.6 Å². The van der Waals surface area contributed by atoms with Crippen LogP contribution in [0.25, 0.3) is 0 Å². The highest BCUT2D eigenvalue weighted by Gasteiger charge is 2.28. The van der Waals surface area contributed by atoms with Gasteiger partial charge in [-0.15, -0.1) is 0 Å². The number of piperazine rings is 1. The summed E-state index contributed by atoms with van der Waals surface area (Å²) in [5, 5.41) is 2.84. The van der Waals surface area contributed by atoms with Gasteiger partial charge in [-0.3, -0.25) is 0 Å². The minimum Gasteiger partial charge on any atom is -0.439 e. The zero-order chi connectivity index (χ0) is 19.4. The third-order valence-corrected chi connectivity index (χ3v) is 4.52. The summed E-state index contributed by atoms with van der Waals surface area (Å²) in [6.45, 7) is 8.27. The van der Waals surface area contributed by atoms with Crippen molar-refractivity contribution in [3.63, 3.8) is 0 Å². The fourth-order valence-corrected chi connectivity index (χ4v) is 3.12. The molecule has 0 radical (unpaired) electrons. The summed E-state index contributed by atoms with van der Waals surface area (Å²) in [5.41, 5.74) is 0.694. The highest BCUT2D eigenvalue weighted by molar-refractivity contribution is 5.74. The van der Waals surface area contributed by atoms with E-state index in [-0.39, 0.29) is 17.9 Å². The topological polar surface area (TPSA) is 70.6 Å². The van der Waals surface area contributed by atoms with Gasteiger partial charge in [-0.05, 0) is 44.5 Å². The van der Waals surface area contributed by atoms with E-state index in [9.17, 15) is 9.18 Å². The number of halogens is 1. The van der Waals surface area contributed by atoms with Crippen molar-refractivity contribution in [1.29, 1.82) is 0 Å². The zero-order valence-corrected chi connectivity index (χ0v) is 15.8. The SMILES string of the molecule is CCNC(=O)N1CCN(c2cc(Oc3ccc(F)cc3C)ncn2)C[C@H]1C. The molecule has 27 heavy (non-hydrogen) atoms. The van der Waals surface area contributed by atoms with Gasteiger partial charge in [0, 0.05) is 38.3 Å². The fourth-order valence-electron chi connectivity index (χ4n) is 3.12. The van der Waals surface area contributed by atoms with Gasteiger partial charge in [0.1, 0.15) is 23.7 Å². The van der Waals surface area contributed by atoms with Crippen LogP contribution in [-0.2, 0) is 0 Å². The van der Waals surface area contributed by atoms with E-state index in [1.165, 1.54) is 18.5 Å². The van der Waals surface area contributed by atoms with Crippen LogP contribution in [0.4, 0.5) is 15.0 Å². The third-order valence-electron chi connectivity index (χ3n) is 4.52. The van der Waals surface area contributed by atoms with Crippen molar-refractivity contribution in [2.24, 2.45) is 0 Å². The van der Waals surface area contributed by atoms with Crippen LogP contribution in [-0.4, -0.2) is 53.1 Å². The van der Waals surface area contributed by atoms with Crippen LogP contribution in [0.3, 0.4) is 0 Å². The Bertz CT molecular complexity index is 816. The number of nitrogens with zero attached hydrogens (tertiary/aromatic N) is 4. The van der Waals surface area contributed by atoms with Crippen molar-refractivity contribution in [1.82, 2.24) is 20.2 Å². The number of benzene rings is 1. The molecule has 1 aromatic heterocycles. The Hall–Kier alpha value is -2.90. The number of carbonyl (C=O) groups excluding carboxylic acids is 1. The summed E-state index contributed by atoms with van der Waals surface area (Å²) in [5.74, 6) is 1.38. The maximum atomic E-state index is 13.2. The maximum Gasteiger partial charge on any atom is 0.317 e. The average molecular weight is 373 g/mol. The first kappa shape index (κ1) is 18.9. The molecule has 1 fully saturated rings. The highest BCUT2D eigenvalue weighted by Crippen LogP contribution is 2.26. The minimum absolute atomic E-state index is 0.0388. The van der Waals surface area contributed by atoms with E-state index in [1.807, 2.05) is 18.7 Å². The van der Waals surface area contributed by atoms with Gasteiger partial charge in [0.05, 0.1) is 0 Å². The molecule has 2 aromatic rings. The number of hydrogen-bond acceptors (Lipinski definition) is 5. The van der Waals surface area contributed by atoms with Gasteiger partial charge in [-0.1, -0.05) is 0 Å². The molecule has 144 valence electrons. The van der Waals surface area contributed by atoms with Crippen LogP contribution in [0, 0.1) is 12.7 Å². The van der Waals surface area contributed by atoms with Gasteiger partial charge in [0.25, 0.3) is 0 Å². The number of ether oxygens (including phenoxy) is 1. The lowest BCUT2D eigenvalue weighted by molar-refractivity contribution is 0.172. The predicted octanol–water partition coefficient (Wildman–Crippen LogP) is 2.96. The summed E-state index contributed by atoms with van der Waals surface area (Å²) in [7, 11) is 0. The lowest BCUT2D eigenvalue weighted by Gasteiger charge is -2.40. The molecule has 1 N–H and O–H groups in total. The maximum absolute atomic E-state index is 13.2. The Morgan fingerprint density at radius 3 is 2.85 bits per heavy atom. The van der Waals surface area contributed by atoms with E-state index in [2.05, 4.69) is 20.2 Å². The molecule has 0 spiro atoms. The molecule has 1 aliphatic rings. The van der Waals surface area contributed by atoms with Crippen molar-refractivity contribution in [3.05, 3.63) is 42.0 Å². The third kappa shape index (κ3) is 4.45. The Kier molecular flexibility index (Phi) is 5.73. The molecule has 0 saturated carbocycles. The molecule has 2 amide bonds. The smallest absolute Gasteiger partial charge is 0.317 e. The number of carbonyl (C=O) groups is 1. The number of urea groups is 1. The molecule has 0 aliphatic carbocycles.